The number of nitrogens with one attached hydrogen (secondary N) is 2. The Kier molecular flexibility index (Phi) is 6.94. The molecule has 0 bridgehead atoms. The van der Waals surface area contributed by atoms with Gasteiger partial charge in [-0.15, -0.1) is 0 Å². The van der Waals surface area contributed by atoms with Crippen LogP contribution in [-0.4, -0.2) is 42.7 Å². The molecule has 2 fully saturated rings. The second-order valence-electron chi connectivity index (χ2n) is 9.29. The fourth-order valence-corrected chi connectivity index (χ4v) is 5.97. The number of halogens is 3. The molecule has 0 aliphatic heterocycles. The summed E-state index contributed by atoms with van der Waals surface area (Å²) >= 11 is 18.9. The second kappa shape index (κ2) is 9.97. The van der Waals surface area contributed by atoms with E-state index in [0.717, 1.165) is 25.7 Å². The van der Waals surface area contributed by atoms with Gasteiger partial charge >= 0.3 is 0 Å². The number of amides is 1. The minimum Gasteiger partial charge on any atom is -0.393 e. The number of carbonyl (C=O) groups excluding carboxylic acids is 1. The molecule has 9 nitrogen and oxygen atoms in total. The van der Waals surface area contributed by atoms with Gasteiger partial charge in [-0.3, -0.25) is 9.36 Å². The van der Waals surface area contributed by atoms with Gasteiger partial charge in [-0.2, -0.15) is 4.98 Å². The molecule has 1 aromatic carbocycles. The highest BCUT2D eigenvalue weighted by atomic mass is 35.5. The molecule has 2 aliphatic rings. The summed E-state index contributed by atoms with van der Waals surface area (Å²) in [4.78, 5) is 25.7. The van der Waals surface area contributed by atoms with Gasteiger partial charge in [0.15, 0.2) is 5.65 Å². The highest BCUT2D eigenvalue weighted by Crippen LogP contribution is 2.40. The highest BCUT2D eigenvalue weighted by Gasteiger charge is 2.30. The van der Waals surface area contributed by atoms with E-state index in [2.05, 4.69) is 15.6 Å². The quantitative estimate of drug-likeness (QED) is 0.344. The predicted molar refractivity (Wildman–Crippen MR) is 138 cm³/mol. The Morgan fingerprint density at radius 3 is 2.40 bits per heavy atom. The topological polar surface area (TPSA) is 131 Å². The number of aliphatic hydroxyl groups excluding tert-OH is 1. The Balaban J connectivity index is 1.52. The van der Waals surface area contributed by atoms with Crippen molar-refractivity contribution < 1.29 is 9.90 Å². The summed E-state index contributed by atoms with van der Waals surface area (Å²) in [6.45, 7) is 0. The first-order valence-electron chi connectivity index (χ1n) is 11.7. The van der Waals surface area contributed by atoms with Crippen molar-refractivity contribution in [2.24, 2.45) is 11.7 Å². The number of imidazole rings is 1. The van der Waals surface area contributed by atoms with Gasteiger partial charge in [-0.05, 0) is 57.1 Å². The SMILES string of the molecule is NC(=O)C1CCC(n2c(Nc3c(Cl)cc(Cl)cc3Cl)nc3cnc(NC4CC[C@H](O)C4)nc32)CC1. The molecule has 1 amide bonds. The summed E-state index contributed by atoms with van der Waals surface area (Å²) in [5.74, 6) is 0.622. The van der Waals surface area contributed by atoms with Crippen LogP contribution in [0.1, 0.15) is 51.0 Å². The Morgan fingerprint density at radius 1 is 1.06 bits per heavy atom. The van der Waals surface area contributed by atoms with Crippen molar-refractivity contribution in [1.29, 1.82) is 0 Å². The number of primary amides is 1. The molecule has 5 N–H and O–H groups in total. The van der Waals surface area contributed by atoms with Crippen LogP contribution in [0, 0.1) is 5.92 Å². The molecule has 0 saturated heterocycles. The largest absolute Gasteiger partial charge is 0.393 e. The van der Waals surface area contributed by atoms with Gasteiger partial charge in [0.2, 0.25) is 17.8 Å². The van der Waals surface area contributed by atoms with Gasteiger partial charge in [0, 0.05) is 23.0 Å². The van der Waals surface area contributed by atoms with Gasteiger partial charge in [0.05, 0.1) is 28.0 Å². The Labute approximate surface area is 217 Å². The molecule has 2 saturated carbocycles. The Hall–Kier alpha value is -2.33. The van der Waals surface area contributed by atoms with Gasteiger partial charge in [0.1, 0.15) is 5.52 Å². The third-order valence-corrected chi connectivity index (χ3v) is 7.69. The molecule has 2 heterocycles. The van der Waals surface area contributed by atoms with Crippen molar-refractivity contribution in [2.45, 2.75) is 63.1 Å². The van der Waals surface area contributed by atoms with E-state index < -0.39 is 0 Å². The van der Waals surface area contributed by atoms with Gasteiger partial charge in [-0.1, -0.05) is 34.8 Å². The maximum Gasteiger partial charge on any atom is 0.224 e. The van der Waals surface area contributed by atoms with Crippen molar-refractivity contribution >= 4 is 69.5 Å². The number of aromatic nitrogens is 4. The molecule has 5 rings (SSSR count). The lowest BCUT2D eigenvalue weighted by Gasteiger charge is -2.29. The smallest absolute Gasteiger partial charge is 0.224 e. The average molecular weight is 539 g/mol. The zero-order valence-corrected chi connectivity index (χ0v) is 21.1. The lowest BCUT2D eigenvalue weighted by molar-refractivity contribution is -0.122. The maximum atomic E-state index is 11.7. The van der Waals surface area contributed by atoms with Crippen LogP contribution in [0.2, 0.25) is 15.1 Å². The molecule has 1 unspecified atom stereocenters. The molecule has 3 aromatic rings. The second-order valence-corrected chi connectivity index (χ2v) is 10.5. The van der Waals surface area contributed by atoms with Gasteiger partial charge in [0.25, 0.3) is 0 Å². The number of rotatable bonds is 6. The number of benzene rings is 1. The van der Waals surface area contributed by atoms with Crippen LogP contribution in [0.5, 0.6) is 0 Å². The minimum absolute atomic E-state index is 0.0407. The third-order valence-electron chi connectivity index (χ3n) is 6.88. The van der Waals surface area contributed by atoms with Crippen LogP contribution in [-0.2, 0) is 4.79 Å². The van der Waals surface area contributed by atoms with Crippen molar-refractivity contribution in [3.8, 4) is 0 Å². The molecule has 186 valence electrons. The zero-order valence-electron chi connectivity index (χ0n) is 18.8. The lowest BCUT2D eigenvalue weighted by atomic mass is 9.85. The van der Waals surface area contributed by atoms with E-state index in [4.69, 9.17) is 50.5 Å². The van der Waals surface area contributed by atoms with E-state index in [1.165, 1.54) is 0 Å². The van der Waals surface area contributed by atoms with Crippen molar-refractivity contribution in [3.63, 3.8) is 0 Å². The first-order chi connectivity index (χ1) is 16.8. The Bertz CT molecular complexity index is 1240. The molecule has 2 aliphatic carbocycles. The van der Waals surface area contributed by atoms with Crippen molar-refractivity contribution in [2.75, 3.05) is 10.6 Å². The molecule has 35 heavy (non-hydrogen) atoms. The maximum absolute atomic E-state index is 11.7. The number of nitrogens with two attached hydrogens (primary N) is 1. The van der Waals surface area contributed by atoms with Crippen LogP contribution >= 0.6 is 34.8 Å². The minimum atomic E-state index is -0.299. The summed E-state index contributed by atoms with van der Waals surface area (Å²) in [6, 6.07) is 3.38. The van der Waals surface area contributed by atoms with Crippen molar-refractivity contribution in [3.05, 3.63) is 33.4 Å². The average Bonchev–Trinajstić information content (AvgIpc) is 3.38. The third kappa shape index (κ3) is 5.14. The van der Waals surface area contributed by atoms with E-state index >= 15 is 0 Å². The number of nitrogens with zero attached hydrogens (tertiary/aromatic N) is 4. The normalized spacial score (nSPS) is 24.6. The van der Waals surface area contributed by atoms with E-state index in [1.54, 1.807) is 18.3 Å². The summed E-state index contributed by atoms with van der Waals surface area (Å²) in [7, 11) is 0. The highest BCUT2D eigenvalue weighted by molar-refractivity contribution is 6.41. The molecule has 2 atom stereocenters. The lowest BCUT2D eigenvalue weighted by Crippen LogP contribution is -2.29. The number of anilines is 3. The van der Waals surface area contributed by atoms with Crippen LogP contribution in [0.25, 0.3) is 11.2 Å². The fourth-order valence-electron chi connectivity index (χ4n) is 5.06. The van der Waals surface area contributed by atoms with E-state index in [9.17, 15) is 9.90 Å². The van der Waals surface area contributed by atoms with Crippen molar-refractivity contribution in [1.82, 2.24) is 19.5 Å². The van der Waals surface area contributed by atoms with Crippen LogP contribution in [0.4, 0.5) is 17.6 Å². The summed E-state index contributed by atoms with van der Waals surface area (Å²) < 4.78 is 2.03. The number of carbonyl (C=O) groups is 1. The summed E-state index contributed by atoms with van der Waals surface area (Å²) in [5.41, 5.74) is 7.31. The predicted octanol–water partition coefficient (Wildman–Crippen LogP) is 5.07. The Morgan fingerprint density at radius 2 is 1.77 bits per heavy atom. The summed E-state index contributed by atoms with van der Waals surface area (Å²) in [5, 5.41) is 17.6. The van der Waals surface area contributed by atoms with Gasteiger partial charge in [-0.25, -0.2) is 9.97 Å². The molecule has 12 heteroatoms. The van der Waals surface area contributed by atoms with E-state index in [0.29, 0.717) is 63.1 Å². The fraction of sp³-hybridized carbons (Fsp3) is 0.478. The number of hydrogen-bond donors (Lipinski definition) is 4. The first kappa shape index (κ1) is 24.4. The van der Waals surface area contributed by atoms with Crippen LogP contribution in [0.3, 0.4) is 0 Å². The monoisotopic (exact) mass is 537 g/mol. The van der Waals surface area contributed by atoms with Crippen LogP contribution < -0.4 is 16.4 Å². The zero-order chi connectivity index (χ0) is 24.7. The standard InChI is InChI=1S/C23H26Cl3N7O2/c24-12-7-16(25)19(17(26)8-12)31-23-30-18-10-28-22(29-13-3-6-15(34)9-13)32-21(18)33(23)14-4-1-11(2-5-14)20(27)35/h7-8,10-11,13-15,34H,1-6,9H2,(H2,27,35)(H,30,31)(H,28,29,32)/t11?,13?,14?,15-/m0/s1. The molecule has 0 radical (unpaired) electrons. The van der Waals surface area contributed by atoms with Gasteiger partial charge < -0.3 is 21.5 Å². The molecule has 2 aromatic heterocycles. The molecular weight excluding hydrogens is 513 g/mol. The van der Waals surface area contributed by atoms with Crippen LogP contribution in [0.15, 0.2) is 18.3 Å². The number of fused-ring (bicyclic) bond motifs is 1. The molecule has 0 spiro atoms. The van der Waals surface area contributed by atoms with E-state index in [1.807, 2.05) is 4.57 Å². The first-order valence-corrected chi connectivity index (χ1v) is 12.8. The van der Waals surface area contributed by atoms with E-state index in [-0.39, 0.29) is 30.0 Å². The number of hydrogen-bond acceptors (Lipinski definition) is 7. The summed E-state index contributed by atoms with van der Waals surface area (Å²) in [6.07, 6.45) is 6.55. The molecular formula is C23H26Cl3N7O2. The number of aliphatic hydroxyl groups is 1.